The van der Waals surface area contributed by atoms with Crippen molar-refractivity contribution in [2.75, 3.05) is 19.7 Å². The molecule has 3 amide bonds. The van der Waals surface area contributed by atoms with Gasteiger partial charge in [-0.25, -0.2) is 22.7 Å². The summed E-state index contributed by atoms with van der Waals surface area (Å²) in [5.74, 6) is -1.47. The molecule has 2 N–H and O–H groups in total. The van der Waals surface area contributed by atoms with E-state index in [2.05, 4.69) is 10.0 Å². The first-order valence-electron chi connectivity index (χ1n) is 7.74. The van der Waals surface area contributed by atoms with Crippen LogP contribution in [0, 0.1) is 0 Å². The van der Waals surface area contributed by atoms with Gasteiger partial charge in [0.25, 0.3) is 5.91 Å². The van der Waals surface area contributed by atoms with E-state index in [0.29, 0.717) is 6.54 Å². The molecule has 1 saturated heterocycles. The molecule has 0 bridgehead atoms. The monoisotopic (exact) mass is 367 g/mol. The molecular weight excluding hydrogens is 350 g/mol. The van der Waals surface area contributed by atoms with Crippen LogP contribution in [0.4, 0.5) is 4.79 Å². The third kappa shape index (κ3) is 4.15. The lowest BCUT2D eigenvalue weighted by Crippen LogP contribution is -2.37. The highest BCUT2D eigenvalue weighted by molar-refractivity contribution is 7.89. The van der Waals surface area contributed by atoms with Crippen LogP contribution in [0.25, 0.3) is 0 Å². The molecule has 0 radical (unpaired) electrons. The normalized spacial score (nSPS) is 17.3. The maximum absolute atomic E-state index is 12.2. The number of nitrogens with one attached hydrogen (secondary N) is 2. The Labute approximate surface area is 144 Å². The maximum Gasteiger partial charge on any atom is 0.338 e. The number of carbonyl (C=O) groups is 3. The summed E-state index contributed by atoms with van der Waals surface area (Å²) < 4.78 is 31.7. The van der Waals surface area contributed by atoms with Crippen molar-refractivity contribution in [3.8, 4) is 0 Å². The highest BCUT2D eigenvalue weighted by Gasteiger charge is 2.29. The lowest BCUT2D eigenvalue weighted by molar-refractivity contribution is -0.130. The fourth-order valence-corrected chi connectivity index (χ4v) is 3.63. The Bertz CT molecular complexity index is 818. The molecule has 1 aliphatic heterocycles. The van der Waals surface area contributed by atoms with Crippen LogP contribution in [0.15, 0.2) is 29.2 Å². The van der Waals surface area contributed by atoms with Gasteiger partial charge in [0.15, 0.2) is 6.61 Å². The van der Waals surface area contributed by atoms with Crippen LogP contribution < -0.4 is 10.0 Å². The van der Waals surface area contributed by atoms with Crippen molar-refractivity contribution in [3.63, 3.8) is 0 Å². The molecular formula is C15H17N3O6S. The van der Waals surface area contributed by atoms with E-state index in [9.17, 15) is 22.8 Å². The maximum atomic E-state index is 12.2. The molecule has 3 rings (SSSR count). The van der Waals surface area contributed by atoms with E-state index in [1.54, 1.807) is 0 Å². The summed E-state index contributed by atoms with van der Waals surface area (Å²) in [4.78, 5) is 36.1. The van der Waals surface area contributed by atoms with E-state index >= 15 is 0 Å². The van der Waals surface area contributed by atoms with Gasteiger partial charge in [-0.3, -0.25) is 9.69 Å². The number of hydrogen-bond donors (Lipinski definition) is 2. The first-order valence-corrected chi connectivity index (χ1v) is 9.23. The Morgan fingerprint density at radius 1 is 1.32 bits per heavy atom. The molecule has 2 aliphatic rings. The van der Waals surface area contributed by atoms with Crippen LogP contribution in [-0.4, -0.2) is 57.0 Å². The smallest absolute Gasteiger partial charge is 0.338 e. The van der Waals surface area contributed by atoms with Crippen molar-refractivity contribution in [1.82, 2.24) is 14.9 Å². The summed E-state index contributed by atoms with van der Waals surface area (Å²) >= 11 is 0. The Hall–Kier alpha value is -2.46. The van der Waals surface area contributed by atoms with E-state index < -0.39 is 34.5 Å². The average Bonchev–Trinajstić information content (AvgIpc) is 3.29. The number of amides is 3. The van der Waals surface area contributed by atoms with E-state index in [1.165, 1.54) is 24.3 Å². The SMILES string of the molecule is O=C(OCC(=O)N1CCNC1=O)c1cccc(S(=O)(=O)NC2CC2)c1. The van der Waals surface area contributed by atoms with E-state index in [1.807, 2.05) is 0 Å². The topological polar surface area (TPSA) is 122 Å². The van der Waals surface area contributed by atoms with Crippen LogP contribution in [-0.2, 0) is 19.6 Å². The van der Waals surface area contributed by atoms with Gasteiger partial charge in [-0.2, -0.15) is 0 Å². The first kappa shape index (κ1) is 17.4. The summed E-state index contributed by atoms with van der Waals surface area (Å²) in [5, 5.41) is 2.47. The van der Waals surface area contributed by atoms with Crippen molar-refractivity contribution in [2.24, 2.45) is 0 Å². The third-order valence-corrected chi connectivity index (χ3v) is 5.28. The van der Waals surface area contributed by atoms with E-state index in [-0.39, 0.29) is 23.0 Å². The van der Waals surface area contributed by atoms with Gasteiger partial charge < -0.3 is 10.1 Å². The number of sulfonamides is 1. The summed E-state index contributed by atoms with van der Waals surface area (Å²) in [7, 11) is -3.69. The molecule has 1 aromatic carbocycles. The van der Waals surface area contributed by atoms with Gasteiger partial charge in [0.2, 0.25) is 10.0 Å². The number of ether oxygens (including phenoxy) is 1. The first-order chi connectivity index (χ1) is 11.9. The molecule has 1 aliphatic carbocycles. The van der Waals surface area contributed by atoms with Crippen molar-refractivity contribution in [1.29, 1.82) is 0 Å². The standard InChI is InChI=1S/C15H17N3O6S/c19-13(18-7-6-16-15(18)21)9-24-14(20)10-2-1-3-12(8-10)25(22,23)17-11-4-5-11/h1-3,8,11,17H,4-7,9H2,(H,16,21). The summed E-state index contributed by atoms with van der Waals surface area (Å²) in [6.07, 6.45) is 1.60. The zero-order valence-corrected chi connectivity index (χ0v) is 14.0. The molecule has 1 aromatic rings. The number of nitrogens with zero attached hydrogens (tertiary/aromatic N) is 1. The molecule has 10 heteroatoms. The Balaban J connectivity index is 1.63. The number of imide groups is 1. The fraction of sp³-hybridized carbons (Fsp3) is 0.400. The quantitative estimate of drug-likeness (QED) is 0.674. The highest BCUT2D eigenvalue weighted by atomic mass is 32.2. The molecule has 0 spiro atoms. The largest absolute Gasteiger partial charge is 0.452 e. The minimum absolute atomic E-state index is 0.0114. The molecule has 25 heavy (non-hydrogen) atoms. The third-order valence-electron chi connectivity index (χ3n) is 3.76. The molecule has 2 fully saturated rings. The van der Waals surface area contributed by atoms with Gasteiger partial charge in [0, 0.05) is 19.1 Å². The lowest BCUT2D eigenvalue weighted by Gasteiger charge is -2.12. The molecule has 0 atom stereocenters. The van der Waals surface area contributed by atoms with Gasteiger partial charge in [-0.05, 0) is 31.0 Å². The average molecular weight is 367 g/mol. The zero-order valence-electron chi connectivity index (χ0n) is 13.2. The minimum Gasteiger partial charge on any atom is -0.452 e. The Morgan fingerprint density at radius 3 is 2.72 bits per heavy atom. The lowest BCUT2D eigenvalue weighted by atomic mass is 10.2. The predicted molar refractivity (Wildman–Crippen MR) is 85.2 cm³/mol. The fourth-order valence-electron chi connectivity index (χ4n) is 2.28. The number of rotatable bonds is 6. The van der Waals surface area contributed by atoms with Gasteiger partial charge in [-0.1, -0.05) is 6.07 Å². The van der Waals surface area contributed by atoms with Crippen molar-refractivity contribution in [2.45, 2.75) is 23.8 Å². The molecule has 134 valence electrons. The summed E-state index contributed by atoms with van der Waals surface area (Å²) in [6.45, 7) is -0.0221. The molecule has 9 nitrogen and oxygen atoms in total. The zero-order chi connectivity index (χ0) is 18.0. The van der Waals surface area contributed by atoms with Gasteiger partial charge in [-0.15, -0.1) is 0 Å². The number of carbonyl (C=O) groups excluding carboxylic acids is 3. The van der Waals surface area contributed by atoms with Crippen LogP contribution >= 0.6 is 0 Å². The molecule has 1 saturated carbocycles. The Kier molecular flexibility index (Phi) is 4.73. The number of urea groups is 1. The highest BCUT2D eigenvalue weighted by Crippen LogP contribution is 2.22. The van der Waals surface area contributed by atoms with Crippen LogP contribution in [0.1, 0.15) is 23.2 Å². The van der Waals surface area contributed by atoms with E-state index in [0.717, 1.165) is 17.7 Å². The number of hydrogen-bond acceptors (Lipinski definition) is 6. The minimum atomic E-state index is -3.69. The molecule has 0 unspecified atom stereocenters. The Morgan fingerprint density at radius 2 is 2.08 bits per heavy atom. The molecule has 1 heterocycles. The number of benzene rings is 1. The predicted octanol–water partition coefficient (Wildman–Crippen LogP) is -0.164. The van der Waals surface area contributed by atoms with Gasteiger partial charge >= 0.3 is 12.0 Å². The van der Waals surface area contributed by atoms with Gasteiger partial charge in [0.1, 0.15) is 0 Å². The second kappa shape index (κ2) is 6.81. The summed E-state index contributed by atoms with van der Waals surface area (Å²) in [5.41, 5.74) is 0.0114. The second-order valence-corrected chi connectivity index (χ2v) is 7.49. The van der Waals surface area contributed by atoms with Crippen molar-refractivity contribution in [3.05, 3.63) is 29.8 Å². The van der Waals surface area contributed by atoms with Crippen LogP contribution in [0.2, 0.25) is 0 Å². The second-order valence-electron chi connectivity index (χ2n) is 5.78. The molecule has 0 aromatic heterocycles. The van der Waals surface area contributed by atoms with Crippen LogP contribution in [0.5, 0.6) is 0 Å². The van der Waals surface area contributed by atoms with Crippen molar-refractivity contribution < 1.29 is 27.5 Å². The van der Waals surface area contributed by atoms with E-state index in [4.69, 9.17) is 4.74 Å². The van der Waals surface area contributed by atoms with Crippen molar-refractivity contribution >= 4 is 27.9 Å². The summed E-state index contributed by atoms with van der Waals surface area (Å²) in [6, 6.07) is 4.81. The number of esters is 1. The van der Waals surface area contributed by atoms with Gasteiger partial charge in [0.05, 0.1) is 10.5 Å². The van der Waals surface area contributed by atoms with Crippen LogP contribution in [0.3, 0.4) is 0 Å².